The van der Waals surface area contributed by atoms with Crippen LogP contribution in [-0.4, -0.2) is 49.7 Å². The molecule has 0 atom stereocenters. The highest BCUT2D eigenvalue weighted by Gasteiger charge is 2.33. The van der Waals surface area contributed by atoms with Gasteiger partial charge in [-0.05, 0) is 18.2 Å². The van der Waals surface area contributed by atoms with E-state index in [4.69, 9.17) is 4.74 Å². The Morgan fingerprint density at radius 3 is 2.69 bits per heavy atom. The van der Waals surface area contributed by atoms with Gasteiger partial charge < -0.3 is 10.1 Å². The van der Waals surface area contributed by atoms with E-state index in [-0.39, 0.29) is 18.5 Å². The minimum Gasteiger partial charge on any atom is -0.496 e. The molecule has 0 fully saturated rings. The van der Waals surface area contributed by atoms with Crippen molar-refractivity contribution in [1.29, 1.82) is 0 Å². The summed E-state index contributed by atoms with van der Waals surface area (Å²) in [5.41, 5.74) is 1.47. The Morgan fingerprint density at radius 2 is 1.92 bits per heavy atom. The van der Waals surface area contributed by atoms with Crippen molar-refractivity contribution < 1.29 is 14.3 Å². The smallest absolute Gasteiger partial charge is 0.343 e. The van der Waals surface area contributed by atoms with Gasteiger partial charge in [-0.15, -0.1) is 0 Å². The Labute approximate surface area is 151 Å². The number of carbonyl (C=O) groups excluding carboxylic acids is 2. The van der Waals surface area contributed by atoms with Crippen LogP contribution in [0.5, 0.6) is 5.75 Å². The number of hydrogen-bond acceptors (Lipinski definition) is 5. The molecule has 2 aromatic rings. The number of aromatic nitrogens is 1. The Kier molecular flexibility index (Phi) is 4.92. The second kappa shape index (κ2) is 7.30. The summed E-state index contributed by atoms with van der Waals surface area (Å²) < 4.78 is 5.28. The molecule has 0 saturated heterocycles. The van der Waals surface area contributed by atoms with Gasteiger partial charge in [0.25, 0.3) is 0 Å². The molecule has 0 bridgehead atoms. The highest BCUT2D eigenvalue weighted by atomic mass is 16.5. The fourth-order valence-electron chi connectivity index (χ4n) is 2.79. The molecule has 0 spiro atoms. The molecule has 136 valence electrons. The van der Waals surface area contributed by atoms with Crippen LogP contribution in [0.3, 0.4) is 0 Å². The molecule has 26 heavy (non-hydrogen) atoms. The molecule has 3 rings (SSSR count). The Morgan fingerprint density at radius 1 is 1.15 bits per heavy atom. The topological polar surface area (TPSA) is 78.0 Å². The average Bonchev–Trinajstić information content (AvgIpc) is 2.68. The molecule has 8 heteroatoms. The first-order valence-corrected chi connectivity index (χ1v) is 8.15. The number of fused-ring (bicyclic) bond motifs is 1. The molecule has 1 aromatic carbocycles. The zero-order chi connectivity index (χ0) is 18.7. The lowest BCUT2D eigenvalue weighted by Crippen LogP contribution is -2.55. The van der Waals surface area contributed by atoms with Crippen molar-refractivity contribution in [2.75, 3.05) is 37.7 Å². The molecular weight excluding hydrogens is 334 g/mol. The van der Waals surface area contributed by atoms with E-state index in [0.717, 1.165) is 5.56 Å². The fourth-order valence-corrected chi connectivity index (χ4v) is 2.79. The van der Waals surface area contributed by atoms with Crippen molar-refractivity contribution in [1.82, 2.24) is 15.3 Å². The van der Waals surface area contributed by atoms with Crippen molar-refractivity contribution in [2.45, 2.75) is 6.54 Å². The number of nitrogens with zero attached hydrogens (tertiary/aromatic N) is 4. The monoisotopic (exact) mass is 355 g/mol. The number of para-hydroxylation sites is 1. The zero-order valence-corrected chi connectivity index (χ0v) is 15.0. The highest BCUT2D eigenvalue weighted by Crippen LogP contribution is 2.31. The van der Waals surface area contributed by atoms with Gasteiger partial charge in [-0.2, -0.15) is 0 Å². The normalized spacial score (nSPS) is 13.5. The first kappa shape index (κ1) is 17.5. The Bertz CT molecular complexity index is 826. The van der Waals surface area contributed by atoms with Gasteiger partial charge in [0.1, 0.15) is 12.3 Å². The molecule has 1 aliphatic rings. The van der Waals surface area contributed by atoms with Crippen molar-refractivity contribution >= 4 is 23.4 Å². The summed E-state index contributed by atoms with van der Waals surface area (Å²) >= 11 is 0. The van der Waals surface area contributed by atoms with E-state index in [1.54, 1.807) is 44.5 Å². The summed E-state index contributed by atoms with van der Waals surface area (Å²) in [6.07, 6.45) is 1.65. The Balaban J connectivity index is 1.72. The molecule has 1 aromatic heterocycles. The van der Waals surface area contributed by atoms with Crippen LogP contribution >= 0.6 is 0 Å². The second-order valence-corrected chi connectivity index (χ2v) is 5.85. The molecule has 8 nitrogen and oxygen atoms in total. The summed E-state index contributed by atoms with van der Waals surface area (Å²) in [5.74, 6) is 1.06. The molecule has 0 saturated carbocycles. The molecule has 0 radical (unpaired) electrons. The summed E-state index contributed by atoms with van der Waals surface area (Å²) in [4.78, 5) is 30.7. The quantitative estimate of drug-likeness (QED) is 0.882. The van der Waals surface area contributed by atoms with Crippen LogP contribution in [0.15, 0.2) is 42.6 Å². The first-order valence-electron chi connectivity index (χ1n) is 8.15. The number of nitrogens with one attached hydrogen (secondary N) is 1. The minimum atomic E-state index is -0.291. The number of amides is 3. The SMILES string of the molecule is COc1ccccc1CNC(=O)CN1C(=O)N(C)N(C)c2ncccc21. The van der Waals surface area contributed by atoms with Crippen molar-refractivity contribution in [3.05, 3.63) is 48.2 Å². The van der Waals surface area contributed by atoms with Crippen molar-refractivity contribution in [3.63, 3.8) is 0 Å². The van der Waals surface area contributed by atoms with Crippen LogP contribution in [0.4, 0.5) is 16.3 Å². The van der Waals surface area contributed by atoms with Gasteiger partial charge in [-0.1, -0.05) is 18.2 Å². The van der Waals surface area contributed by atoms with Gasteiger partial charge >= 0.3 is 6.03 Å². The lowest BCUT2D eigenvalue weighted by molar-refractivity contribution is -0.119. The van der Waals surface area contributed by atoms with E-state index in [0.29, 0.717) is 23.8 Å². The number of anilines is 2. The van der Waals surface area contributed by atoms with Crippen LogP contribution in [0.2, 0.25) is 0 Å². The van der Waals surface area contributed by atoms with Gasteiger partial charge in [0.15, 0.2) is 5.82 Å². The lowest BCUT2D eigenvalue weighted by atomic mass is 10.2. The molecule has 2 heterocycles. The van der Waals surface area contributed by atoms with Gasteiger partial charge in [-0.25, -0.2) is 14.8 Å². The number of urea groups is 1. The molecule has 1 N–H and O–H groups in total. The zero-order valence-electron chi connectivity index (χ0n) is 15.0. The van der Waals surface area contributed by atoms with Gasteiger partial charge in [0, 0.05) is 32.4 Å². The number of hydrazine groups is 1. The molecular formula is C18H21N5O3. The van der Waals surface area contributed by atoms with Crippen LogP contribution in [0, 0.1) is 0 Å². The third-order valence-electron chi connectivity index (χ3n) is 4.29. The predicted molar refractivity (Wildman–Crippen MR) is 98.0 cm³/mol. The van der Waals surface area contributed by atoms with Crippen molar-refractivity contribution in [3.8, 4) is 5.75 Å². The van der Waals surface area contributed by atoms with E-state index >= 15 is 0 Å². The maximum absolute atomic E-state index is 12.6. The van der Waals surface area contributed by atoms with Crippen LogP contribution < -0.4 is 20.0 Å². The molecule has 3 amide bonds. The minimum absolute atomic E-state index is 0.0924. The van der Waals surface area contributed by atoms with E-state index in [9.17, 15) is 9.59 Å². The molecule has 0 unspecified atom stereocenters. The highest BCUT2D eigenvalue weighted by molar-refractivity contribution is 6.02. The van der Waals surface area contributed by atoms with Gasteiger partial charge in [-0.3, -0.25) is 14.7 Å². The largest absolute Gasteiger partial charge is 0.496 e. The van der Waals surface area contributed by atoms with E-state index in [1.807, 2.05) is 24.3 Å². The van der Waals surface area contributed by atoms with Gasteiger partial charge in [0.2, 0.25) is 5.91 Å². The molecule has 1 aliphatic heterocycles. The number of benzene rings is 1. The first-order chi connectivity index (χ1) is 12.5. The number of hydrogen-bond donors (Lipinski definition) is 1. The number of ether oxygens (including phenoxy) is 1. The van der Waals surface area contributed by atoms with Crippen LogP contribution in [-0.2, 0) is 11.3 Å². The number of pyridine rings is 1. The Hall–Kier alpha value is -3.29. The van der Waals surface area contributed by atoms with E-state index in [2.05, 4.69) is 10.3 Å². The third-order valence-corrected chi connectivity index (χ3v) is 4.29. The number of rotatable bonds is 5. The summed E-state index contributed by atoms with van der Waals surface area (Å²) in [6.45, 7) is 0.228. The lowest BCUT2D eigenvalue weighted by Gasteiger charge is -2.40. The third kappa shape index (κ3) is 3.26. The van der Waals surface area contributed by atoms with Crippen LogP contribution in [0.1, 0.15) is 5.56 Å². The maximum atomic E-state index is 12.6. The second-order valence-electron chi connectivity index (χ2n) is 5.85. The van der Waals surface area contributed by atoms with Gasteiger partial charge in [0.05, 0.1) is 12.8 Å². The van der Waals surface area contributed by atoms with Crippen molar-refractivity contribution in [2.24, 2.45) is 0 Å². The number of methoxy groups -OCH3 is 1. The number of carbonyl (C=O) groups is 2. The van der Waals surface area contributed by atoms with Crippen LogP contribution in [0.25, 0.3) is 0 Å². The summed E-state index contributed by atoms with van der Waals surface area (Å²) in [6, 6.07) is 10.7. The summed E-state index contributed by atoms with van der Waals surface area (Å²) in [7, 11) is 4.98. The standard InChI is InChI=1S/C18H21N5O3/c1-21-17-14(8-6-10-19-17)23(18(25)22(21)2)12-16(24)20-11-13-7-4-5-9-15(13)26-3/h4-10H,11-12H2,1-3H3,(H,20,24). The average molecular weight is 355 g/mol. The fraction of sp³-hybridized carbons (Fsp3) is 0.278. The van der Waals surface area contributed by atoms with E-state index < -0.39 is 0 Å². The predicted octanol–water partition coefficient (Wildman–Crippen LogP) is 1.63. The van der Waals surface area contributed by atoms with E-state index in [1.165, 1.54) is 9.91 Å². The maximum Gasteiger partial charge on any atom is 0.343 e. The summed E-state index contributed by atoms with van der Waals surface area (Å²) in [5, 5.41) is 5.91. The molecule has 0 aliphatic carbocycles.